The topological polar surface area (TPSA) is 69.4 Å². The Morgan fingerprint density at radius 2 is 1.81 bits per heavy atom. The maximum absolute atomic E-state index is 9.98. The van der Waals surface area contributed by atoms with Crippen LogP contribution in [0.3, 0.4) is 0 Å². The molecular weight excluding hydrogens is 354 g/mol. The van der Waals surface area contributed by atoms with E-state index in [4.69, 9.17) is 21.1 Å². The highest BCUT2D eigenvalue weighted by atomic mass is 35.5. The van der Waals surface area contributed by atoms with Crippen molar-refractivity contribution < 1.29 is 14.6 Å². The summed E-state index contributed by atoms with van der Waals surface area (Å²) in [5.41, 5.74) is 1.95. The highest BCUT2D eigenvalue weighted by Crippen LogP contribution is 2.20. The van der Waals surface area contributed by atoms with Gasteiger partial charge in [-0.2, -0.15) is 5.10 Å². The lowest BCUT2D eigenvalue weighted by Gasteiger charge is -2.13. The van der Waals surface area contributed by atoms with Gasteiger partial charge in [0.2, 0.25) is 0 Å². The van der Waals surface area contributed by atoms with E-state index in [1.165, 1.54) is 6.33 Å². The van der Waals surface area contributed by atoms with E-state index >= 15 is 0 Å². The third-order valence-electron chi connectivity index (χ3n) is 3.76. The van der Waals surface area contributed by atoms with Gasteiger partial charge >= 0.3 is 0 Å². The van der Waals surface area contributed by atoms with Gasteiger partial charge in [-0.1, -0.05) is 23.7 Å². The van der Waals surface area contributed by atoms with Crippen LogP contribution in [0.15, 0.2) is 54.9 Å². The number of ether oxygens (including phenoxy) is 2. The Hall–Kier alpha value is -2.41. The van der Waals surface area contributed by atoms with Crippen molar-refractivity contribution in [2.45, 2.75) is 12.7 Å². The minimum absolute atomic E-state index is 0.157. The average Bonchev–Trinajstić information content (AvgIpc) is 3.08. The summed E-state index contributed by atoms with van der Waals surface area (Å²) in [6.07, 6.45) is 0.806. The number of aliphatic hydroxyl groups excluding tert-OH is 1. The number of hydrogen-bond donors (Lipinski definition) is 1. The van der Waals surface area contributed by atoms with E-state index < -0.39 is 6.10 Å². The summed E-state index contributed by atoms with van der Waals surface area (Å²) < 4.78 is 12.8. The fraction of sp³-hybridized carbons (Fsp3) is 0.263. The number of nitrogens with zero attached hydrogens (tertiary/aromatic N) is 3. The van der Waals surface area contributed by atoms with Crippen LogP contribution in [0, 0.1) is 0 Å². The Morgan fingerprint density at radius 3 is 2.46 bits per heavy atom. The highest BCUT2D eigenvalue weighted by Gasteiger charge is 2.08. The Morgan fingerprint density at radius 1 is 1.08 bits per heavy atom. The third kappa shape index (κ3) is 5.05. The minimum atomic E-state index is -0.708. The minimum Gasteiger partial charge on any atom is -0.491 e. The summed E-state index contributed by atoms with van der Waals surface area (Å²) in [7, 11) is 1.84. The Kier molecular flexibility index (Phi) is 6.22. The summed E-state index contributed by atoms with van der Waals surface area (Å²) in [5, 5.41) is 14.7. The maximum atomic E-state index is 9.98. The van der Waals surface area contributed by atoms with Crippen molar-refractivity contribution in [3.05, 3.63) is 65.4 Å². The van der Waals surface area contributed by atoms with Gasteiger partial charge in [-0.15, -0.1) is 0 Å². The first-order valence-corrected chi connectivity index (χ1v) is 8.57. The lowest BCUT2D eigenvalue weighted by Crippen LogP contribution is -2.23. The van der Waals surface area contributed by atoms with E-state index in [0.29, 0.717) is 17.4 Å². The summed E-state index contributed by atoms with van der Waals surface area (Å²) in [5.74, 6) is 1.46. The van der Waals surface area contributed by atoms with E-state index in [9.17, 15) is 5.11 Å². The van der Waals surface area contributed by atoms with Crippen LogP contribution in [0.4, 0.5) is 0 Å². The SMILES string of the molecule is Cn1ncnc1-c1ccc(OCC(O)COCc2ccc(Cl)cc2)cc1. The van der Waals surface area contributed by atoms with Gasteiger partial charge in [-0.3, -0.25) is 0 Å². The summed E-state index contributed by atoms with van der Waals surface area (Å²) >= 11 is 5.84. The van der Waals surface area contributed by atoms with E-state index in [1.54, 1.807) is 4.68 Å². The van der Waals surface area contributed by atoms with E-state index in [2.05, 4.69) is 10.1 Å². The summed E-state index contributed by atoms with van der Waals surface area (Å²) in [4.78, 5) is 4.20. The number of halogens is 1. The van der Waals surface area contributed by atoms with Crippen LogP contribution in [-0.4, -0.2) is 39.2 Å². The molecule has 2 aromatic carbocycles. The highest BCUT2D eigenvalue weighted by molar-refractivity contribution is 6.30. The lowest BCUT2D eigenvalue weighted by molar-refractivity contribution is 0.00549. The molecule has 1 N–H and O–H groups in total. The van der Waals surface area contributed by atoms with Crippen molar-refractivity contribution >= 4 is 11.6 Å². The van der Waals surface area contributed by atoms with Gasteiger partial charge in [-0.25, -0.2) is 9.67 Å². The number of benzene rings is 2. The van der Waals surface area contributed by atoms with Crippen LogP contribution in [0.5, 0.6) is 5.75 Å². The molecule has 3 aromatic rings. The predicted molar refractivity (Wildman–Crippen MR) is 99.0 cm³/mol. The van der Waals surface area contributed by atoms with Crippen LogP contribution in [0.25, 0.3) is 11.4 Å². The first-order chi connectivity index (χ1) is 12.6. The summed E-state index contributed by atoms with van der Waals surface area (Å²) in [6, 6.07) is 14.9. The molecule has 0 bridgehead atoms. The molecule has 0 aliphatic heterocycles. The van der Waals surface area contributed by atoms with Gasteiger partial charge in [0.1, 0.15) is 24.8 Å². The average molecular weight is 374 g/mol. The molecule has 0 spiro atoms. The van der Waals surface area contributed by atoms with Crippen molar-refractivity contribution in [2.75, 3.05) is 13.2 Å². The first-order valence-electron chi connectivity index (χ1n) is 8.19. The summed E-state index contributed by atoms with van der Waals surface area (Å²) in [6.45, 7) is 0.768. The molecule has 7 heteroatoms. The van der Waals surface area contributed by atoms with Crippen molar-refractivity contribution in [3.8, 4) is 17.1 Å². The molecular formula is C19H20ClN3O3. The Labute approximate surface area is 157 Å². The van der Waals surface area contributed by atoms with Gasteiger partial charge < -0.3 is 14.6 Å². The molecule has 1 heterocycles. The molecule has 0 amide bonds. The number of aromatic nitrogens is 3. The number of aliphatic hydroxyl groups is 1. The van der Waals surface area contributed by atoms with Gasteiger partial charge in [0, 0.05) is 17.6 Å². The zero-order chi connectivity index (χ0) is 18.4. The van der Waals surface area contributed by atoms with E-state index in [1.807, 2.05) is 55.6 Å². The molecule has 136 valence electrons. The molecule has 6 nitrogen and oxygen atoms in total. The largest absolute Gasteiger partial charge is 0.491 e. The molecule has 0 aliphatic carbocycles. The quantitative estimate of drug-likeness (QED) is 0.657. The van der Waals surface area contributed by atoms with Crippen molar-refractivity contribution in [1.82, 2.24) is 14.8 Å². The molecule has 1 unspecified atom stereocenters. The molecule has 3 rings (SSSR count). The molecule has 0 fully saturated rings. The smallest absolute Gasteiger partial charge is 0.157 e. The van der Waals surface area contributed by atoms with Crippen LogP contribution in [0.1, 0.15) is 5.56 Å². The standard InChI is InChI=1S/C19H20ClN3O3/c1-23-19(21-13-22-23)15-4-8-18(9-5-15)26-12-17(24)11-25-10-14-2-6-16(20)7-3-14/h2-9,13,17,24H,10-12H2,1H3. The molecule has 0 aliphatic rings. The van der Waals surface area contributed by atoms with Gasteiger partial charge in [-0.05, 0) is 42.0 Å². The molecule has 0 radical (unpaired) electrons. The van der Waals surface area contributed by atoms with Crippen molar-refractivity contribution in [3.63, 3.8) is 0 Å². The van der Waals surface area contributed by atoms with Crippen LogP contribution >= 0.6 is 11.6 Å². The van der Waals surface area contributed by atoms with Crippen molar-refractivity contribution in [2.24, 2.45) is 7.05 Å². The Bertz CT molecular complexity index is 819. The fourth-order valence-electron chi connectivity index (χ4n) is 2.39. The van der Waals surface area contributed by atoms with Gasteiger partial charge in [0.25, 0.3) is 0 Å². The molecule has 0 saturated carbocycles. The number of aryl methyl sites for hydroxylation is 1. The monoisotopic (exact) mass is 373 g/mol. The molecule has 0 saturated heterocycles. The fourth-order valence-corrected chi connectivity index (χ4v) is 2.52. The first kappa shape index (κ1) is 18.4. The second kappa shape index (κ2) is 8.80. The van der Waals surface area contributed by atoms with Crippen LogP contribution in [0.2, 0.25) is 5.02 Å². The predicted octanol–water partition coefficient (Wildman–Crippen LogP) is 3.09. The second-order valence-electron chi connectivity index (χ2n) is 5.84. The van der Waals surface area contributed by atoms with Gasteiger partial charge in [0.05, 0.1) is 13.2 Å². The van der Waals surface area contributed by atoms with Crippen LogP contribution < -0.4 is 4.74 Å². The van der Waals surface area contributed by atoms with E-state index in [-0.39, 0.29) is 13.2 Å². The number of rotatable bonds is 8. The normalized spacial score (nSPS) is 12.1. The zero-order valence-electron chi connectivity index (χ0n) is 14.4. The molecule has 1 atom stereocenters. The molecule has 26 heavy (non-hydrogen) atoms. The number of hydrogen-bond acceptors (Lipinski definition) is 5. The molecule has 1 aromatic heterocycles. The van der Waals surface area contributed by atoms with Gasteiger partial charge in [0.15, 0.2) is 5.82 Å². The van der Waals surface area contributed by atoms with Crippen molar-refractivity contribution in [1.29, 1.82) is 0 Å². The second-order valence-corrected chi connectivity index (χ2v) is 6.27. The van der Waals surface area contributed by atoms with E-state index in [0.717, 1.165) is 17.0 Å². The maximum Gasteiger partial charge on any atom is 0.157 e. The zero-order valence-corrected chi connectivity index (χ0v) is 15.1. The van der Waals surface area contributed by atoms with Crippen LogP contribution in [-0.2, 0) is 18.4 Å². The third-order valence-corrected chi connectivity index (χ3v) is 4.01. The Balaban J connectivity index is 1.42. The lowest BCUT2D eigenvalue weighted by atomic mass is 10.2.